The fourth-order valence-corrected chi connectivity index (χ4v) is 2.57. The van der Waals surface area contributed by atoms with Gasteiger partial charge < -0.3 is 25.0 Å². The average molecular weight is 385 g/mol. The summed E-state index contributed by atoms with van der Waals surface area (Å²) in [6, 6.07) is 14.8. The summed E-state index contributed by atoms with van der Waals surface area (Å²) in [5, 5.41) is 5.99. The van der Waals surface area contributed by atoms with Crippen LogP contribution in [0.15, 0.2) is 48.5 Å². The fraction of sp³-hybridized carbons (Fsp3) is 0.333. The van der Waals surface area contributed by atoms with Crippen molar-refractivity contribution in [1.29, 1.82) is 0 Å². The number of carbonyl (C=O) groups excluding carboxylic acids is 2. The monoisotopic (exact) mass is 385 g/mol. The van der Waals surface area contributed by atoms with Crippen LogP contribution in [0.3, 0.4) is 0 Å². The Labute approximate surface area is 165 Å². The van der Waals surface area contributed by atoms with Crippen LogP contribution in [0.5, 0.6) is 11.5 Å². The van der Waals surface area contributed by atoms with Gasteiger partial charge in [-0.05, 0) is 49.0 Å². The SMILES string of the molecule is CNC(CCOc1ccc(NC(C)=O)cc1)c1ccc(OC(=O)N(C)C)cc1. The van der Waals surface area contributed by atoms with Crippen molar-refractivity contribution in [1.82, 2.24) is 10.2 Å². The molecule has 0 heterocycles. The van der Waals surface area contributed by atoms with E-state index in [9.17, 15) is 9.59 Å². The van der Waals surface area contributed by atoms with Crippen LogP contribution in [0.1, 0.15) is 24.9 Å². The molecule has 0 radical (unpaired) electrons. The summed E-state index contributed by atoms with van der Waals surface area (Å²) >= 11 is 0. The molecule has 2 N–H and O–H groups in total. The maximum atomic E-state index is 11.6. The highest BCUT2D eigenvalue weighted by atomic mass is 16.6. The van der Waals surface area contributed by atoms with Crippen LogP contribution in [0.4, 0.5) is 10.5 Å². The Morgan fingerprint density at radius 2 is 1.61 bits per heavy atom. The van der Waals surface area contributed by atoms with Gasteiger partial charge in [0.15, 0.2) is 0 Å². The van der Waals surface area contributed by atoms with E-state index in [-0.39, 0.29) is 11.9 Å². The molecule has 0 saturated carbocycles. The number of hydrogen-bond acceptors (Lipinski definition) is 5. The first kappa shape index (κ1) is 21.2. The van der Waals surface area contributed by atoms with Crippen LogP contribution in [0.25, 0.3) is 0 Å². The van der Waals surface area contributed by atoms with E-state index < -0.39 is 6.09 Å². The second kappa shape index (κ2) is 10.3. The van der Waals surface area contributed by atoms with E-state index in [0.29, 0.717) is 12.4 Å². The lowest BCUT2D eigenvalue weighted by molar-refractivity contribution is -0.114. The third-order valence-corrected chi connectivity index (χ3v) is 4.05. The molecule has 0 bridgehead atoms. The number of nitrogens with one attached hydrogen (secondary N) is 2. The first-order chi connectivity index (χ1) is 13.4. The molecule has 7 heteroatoms. The van der Waals surface area contributed by atoms with Gasteiger partial charge in [-0.3, -0.25) is 4.79 Å². The Hall–Kier alpha value is -3.06. The summed E-state index contributed by atoms with van der Waals surface area (Å²) in [4.78, 5) is 24.0. The molecule has 2 aromatic carbocycles. The lowest BCUT2D eigenvalue weighted by atomic mass is 10.0. The van der Waals surface area contributed by atoms with Crippen molar-refractivity contribution in [3.05, 3.63) is 54.1 Å². The third kappa shape index (κ3) is 6.59. The van der Waals surface area contributed by atoms with Crippen molar-refractivity contribution < 1.29 is 19.1 Å². The van der Waals surface area contributed by atoms with Gasteiger partial charge in [0.2, 0.25) is 5.91 Å². The predicted molar refractivity (Wildman–Crippen MR) is 109 cm³/mol. The minimum absolute atomic E-state index is 0.104. The lowest BCUT2D eigenvalue weighted by Crippen LogP contribution is -2.25. The van der Waals surface area contributed by atoms with E-state index in [0.717, 1.165) is 23.4 Å². The summed E-state index contributed by atoms with van der Waals surface area (Å²) in [6.07, 6.45) is 0.358. The molecule has 150 valence electrons. The average Bonchev–Trinajstić information content (AvgIpc) is 2.67. The summed E-state index contributed by atoms with van der Waals surface area (Å²) in [5.41, 5.74) is 1.82. The van der Waals surface area contributed by atoms with Crippen LogP contribution in [-0.4, -0.2) is 44.7 Å². The molecule has 1 atom stereocenters. The summed E-state index contributed by atoms with van der Waals surface area (Å²) in [7, 11) is 5.18. The number of nitrogens with zero attached hydrogens (tertiary/aromatic N) is 1. The molecule has 7 nitrogen and oxygen atoms in total. The molecule has 0 aliphatic rings. The van der Waals surface area contributed by atoms with Crippen molar-refractivity contribution in [3.63, 3.8) is 0 Å². The highest BCUT2D eigenvalue weighted by molar-refractivity contribution is 5.88. The van der Waals surface area contributed by atoms with E-state index in [2.05, 4.69) is 10.6 Å². The number of benzene rings is 2. The highest BCUT2D eigenvalue weighted by Gasteiger charge is 2.11. The van der Waals surface area contributed by atoms with Gasteiger partial charge >= 0.3 is 6.09 Å². The second-order valence-electron chi connectivity index (χ2n) is 6.52. The van der Waals surface area contributed by atoms with Crippen LogP contribution in [0, 0.1) is 0 Å². The number of hydrogen-bond donors (Lipinski definition) is 2. The topological polar surface area (TPSA) is 79.9 Å². The summed E-state index contributed by atoms with van der Waals surface area (Å²) in [6.45, 7) is 2.00. The van der Waals surface area contributed by atoms with E-state index in [1.54, 1.807) is 38.4 Å². The highest BCUT2D eigenvalue weighted by Crippen LogP contribution is 2.22. The molecular formula is C21H27N3O4. The van der Waals surface area contributed by atoms with Gasteiger partial charge in [0.05, 0.1) is 6.61 Å². The molecule has 2 amide bonds. The smallest absolute Gasteiger partial charge is 0.414 e. The second-order valence-corrected chi connectivity index (χ2v) is 6.52. The third-order valence-electron chi connectivity index (χ3n) is 4.05. The van der Waals surface area contributed by atoms with Gasteiger partial charge in [-0.25, -0.2) is 4.79 Å². The molecule has 0 fully saturated rings. The largest absolute Gasteiger partial charge is 0.494 e. The maximum Gasteiger partial charge on any atom is 0.414 e. The lowest BCUT2D eigenvalue weighted by Gasteiger charge is -2.18. The Kier molecular flexibility index (Phi) is 7.83. The van der Waals surface area contributed by atoms with E-state index in [4.69, 9.17) is 9.47 Å². The van der Waals surface area contributed by atoms with Gasteiger partial charge in [0.1, 0.15) is 11.5 Å². The zero-order chi connectivity index (χ0) is 20.5. The van der Waals surface area contributed by atoms with E-state index >= 15 is 0 Å². The van der Waals surface area contributed by atoms with Crippen molar-refractivity contribution >= 4 is 17.7 Å². The zero-order valence-corrected chi connectivity index (χ0v) is 16.7. The van der Waals surface area contributed by atoms with Gasteiger partial charge in [-0.1, -0.05) is 12.1 Å². The normalized spacial score (nSPS) is 11.4. The van der Waals surface area contributed by atoms with Crippen molar-refractivity contribution in [2.75, 3.05) is 33.1 Å². The molecule has 0 aromatic heterocycles. The standard InChI is InChI=1S/C21H27N3O4/c1-15(25)23-17-7-11-18(12-8-17)27-14-13-20(22-2)16-5-9-19(10-6-16)28-21(26)24(3)4/h5-12,20,22H,13-14H2,1-4H3,(H,23,25). The van der Waals surface area contributed by atoms with Gasteiger partial charge in [0.25, 0.3) is 0 Å². The van der Waals surface area contributed by atoms with Crippen LogP contribution in [-0.2, 0) is 4.79 Å². The van der Waals surface area contributed by atoms with Crippen molar-refractivity contribution in [2.24, 2.45) is 0 Å². The van der Waals surface area contributed by atoms with Crippen molar-refractivity contribution in [2.45, 2.75) is 19.4 Å². The molecule has 0 aliphatic carbocycles. The van der Waals surface area contributed by atoms with Crippen LogP contribution in [0.2, 0.25) is 0 Å². The van der Waals surface area contributed by atoms with E-state index in [1.807, 2.05) is 31.3 Å². The minimum Gasteiger partial charge on any atom is -0.494 e. The molecule has 0 spiro atoms. The molecular weight excluding hydrogens is 358 g/mol. The summed E-state index contributed by atoms with van der Waals surface area (Å²) in [5.74, 6) is 1.15. The molecule has 2 rings (SSSR count). The minimum atomic E-state index is -0.407. The van der Waals surface area contributed by atoms with Gasteiger partial charge in [-0.15, -0.1) is 0 Å². The number of carbonyl (C=O) groups is 2. The first-order valence-corrected chi connectivity index (χ1v) is 9.06. The van der Waals surface area contributed by atoms with Crippen LogP contribution >= 0.6 is 0 Å². The molecule has 1 unspecified atom stereocenters. The number of ether oxygens (including phenoxy) is 2. The molecule has 2 aromatic rings. The Morgan fingerprint density at radius 3 is 2.14 bits per heavy atom. The Morgan fingerprint density at radius 1 is 1.00 bits per heavy atom. The molecule has 28 heavy (non-hydrogen) atoms. The first-order valence-electron chi connectivity index (χ1n) is 9.06. The quantitative estimate of drug-likeness (QED) is 0.728. The Bertz CT molecular complexity index is 773. The van der Waals surface area contributed by atoms with Crippen molar-refractivity contribution in [3.8, 4) is 11.5 Å². The number of amides is 2. The fourth-order valence-electron chi connectivity index (χ4n) is 2.57. The number of rotatable bonds is 8. The summed E-state index contributed by atoms with van der Waals surface area (Å²) < 4.78 is 11.0. The number of anilines is 1. The zero-order valence-electron chi connectivity index (χ0n) is 16.7. The van der Waals surface area contributed by atoms with Crippen LogP contribution < -0.4 is 20.1 Å². The Balaban J connectivity index is 1.86. The van der Waals surface area contributed by atoms with Gasteiger partial charge in [-0.2, -0.15) is 0 Å². The molecule has 0 saturated heterocycles. The van der Waals surface area contributed by atoms with Gasteiger partial charge in [0, 0.05) is 39.2 Å². The maximum absolute atomic E-state index is 11.6. The van der Waals surface area contributed by atoms with E-state index in [1.165, 1.54) is 11.8 Å². The molecule has 0 aliphatic heterocycles. The predicted octanol–water partition coefficient (Wildman–Crippen LogP) is 3.44.